The molecule has 0 radical (unpaired) electrons. The van der Waals surface area contributed by atoms with Crippen LogP contribution in [-0.4, -0.2) is 37.7 Å². The number of esters is 1. The summed E-state index contributed by atoms with van der Waals surface area (Å²) >= 11 is 0. The normalized spacial score (nSPS) is 9.83. The Morgan fingerprint density at radius 3 is 2.48 bits per heavy atom. The molecule has 1 amide bonds. The number of benzene rings is 1. The van der Waals surface area contributed by atoms with Gasteiger partial charge >= 0.3 is 5.97 Å². The number of nitrogens with zero attached hydrogens (tertiary/aromatic N) is 1. The van der Waals surface area contributed by atoms with Crippen molar-refractivity contribution in [3.8, 4) is 11.5 Å². The van der Waals surface area contributed by atoms with Crippen molar-refractivity contribution < 1.29 is 23.8 Å². The van der Waals surface area contributed by atoms with Crippen LogP contribution in [0.4, 0.5) is 5.69 Å². The zero-order valence-electron chi connectivity index (χ0n) is 12.7. The second-order valence-corrected chi connectivity index (χ2v) is 4.43. The Kier molecular flexibility index (Phi) is 5.51. The van der Waals surface area contributed by atoms with Gasteiger partial charge in [0, 0.05) is 18.5 Å². The number of anilines is 1. The molecule has 1 aromatic carbocycles. The summed E-state index contributed by atoms with van der Waals surface area (Å²) in [6, 6.07) is 7.99. The molecular formula is C16H16N2O5. The van der Waals surface area contributed by atoms with E-state index in [-0.39, 0.29) is 0 Å². The maximum atomic E-state index is 11.9. The minimum atomic E-state index is -0.597. The Labute approximate surface area is 133 Å². The maximum absolute atomic E-state index is 11.9. The topological polar surface area (TPSA) is 86.8 Å². The van der Waals surface area contributed by atoms with Crippen LogP contribution in [0.1, 0.15) is 10.4 Å². The smallest absolute Gasteiger partial charge is 0.338 e. The third-order valence-electron chi connectivity index (χ3n) is 2.93. The highest BCUT2D eigenvalue weighted by Gasteiger charge is 2.12. The Morgan fingerprint density at radius 1 is 1.09 bits per heavy atom. The van der Waals surface area contributed by atoms with Crippen molar-refractivity contribution in [2.24, 2.45) is 0 Å². The summed E-state index contributed by atoms with van der Waals surface area (Å²) in [4.78, 5) is 27.5. The van der Waals surface area contributed by atoms with Crippen LogP contribution in [-0.2, 0) is 9.53 Å². The summed E-state index contributed by atoms with van der Waals surface area (Å²) in [5, 5.41) is 2.61. The summed E-state index contributed by atoms with van der Waals surface area (Å²) in [6.45, 7) is -0.415. The summed E-state index contributed by atoms with van der Waals surface area (Å²) in [5.74, 6) is -0.0476. The zero-order valence-corrected chi connectivity index (χ0v) is 12.7. The molecule has 0 saturated heterocycles. The number of rotatable bonds is 6. The van der Waals surface area contributed by atoms with E-state index in [1.807, 2.05) is 0 Å². The second-order valence-electron chi connectivity index (χ2n) is 4.43. The monoisotopic (exact) mass is 316 g/mol. The number of carbonyl (C=O) groups is 2. The number of methoxy groups -OCH3 is 2. The first-order valence-corrected chi connectivity index (χ1v) is 6.73. The first-order chi connectivity index (χ1) is 11.1. The van der Waals surface area contributed by atoms with E-state index in [1.165, 1.54) is 38.7 Å². The van der Waals surface area contributed by atoms with E-state index >= 15 is 0 Å². The fourth-order valence-corrected chi connectivity index (χ4v) is 1.80. The van der Waals surface area contributed by atoms with E-state index in [9.17, 15) is 9.59 Å². The summed E-state index contributed by atoms with van der Waals surface area (Å²) in [5.41, 5.74) is 0.753. The lowest BCUT2D eigenvalue weighted by Crippen LogP contribution is -2.21. The summed E-state index contributed by atoms with van der Waals surface area (Å²) < 4.78 is 15.2. The molecule has 0 aliphatic heterocycles. The molecule has 2 rings (SSSR count). The highest BCUT2D eigenvalue weighted by Crippen LogP contribution is 2.28. The number of nitrogens with one attached hydrogen (secondary N) is 1. The lowest BCUT2D eigenvalue weighted by atomic mass is 10.2. The van der Waals surface area contributed by atoms with Crippen LogP contribution >= 0.6 is 0 Å². The molecule has 7 heteroatoms. The Hall–Kier alpha value is -3.09. The van der Waals surface area contributed by atoms with Crippen molar-refractivity contribution in [3.63, 3.8) is 0 Å². The molecule has 1 N–H and O–H groups in total. The summed E-state index contributed by atoms with van der Waals surface area (Å²) in [6.07, 6.45) is 2.94. The second kappa shape index (κ2) is 7.79. The van der Waals surface area contributed by atoms with E-state index in [0.717, 1.165) is 0 Å². The molecule has 0 saturated carbocycles. The number of ether oxygens (including phenoxy) is 3. The molecule has 0 aliphatic rings. The number of aromatic nitrogens is 1. The van der Waals surface area contributed by atoms with Crippen molar-refractivity contribution >= 4 is 17.6 Å². The molecule has 0 atom stereocenters. The number of amides is 1. The van der Waals surface area contributed by atoms with Gasteiger partial charge in [-0.2, -0.15) is 0 Å². The van der Waals surface area contributed by atoms with Crippen molar-refractivity contribution in [2.75, 3.05) is 26.1 Å². The number of hydrogen-bond acceptors (Lipinski definition) is 6. The van der Waals surface area contributed by atoms with Gasteiger partial charge in [-0.1, -0.05) is 0 Å². The minimum absolute atomic E-state index is 0.326. The van der Waals surface area contributed by atoms with Crippen LogP contribution in [0.2, 0.25) is 0 Å². The van der Waals surface area contributed by atoms with Gasteiger partial charge in [-0.25, -0.2) is 4.79 Å². The first kappa shape index (κ1) is 16.3. The highest BCUT2D eigenvalue weighted by molar-refractivity contribution is 5.96. The van der Waals surface area contributed by atoms with E-state index in [1.54, 1.807) is 18.2 Å². The van der Waals surface area contributed by atoms with Crippen molar-refractivity contribution in [2.45, 2.75) is 0 Å². The van der Waals surface area contributed by atoms with Gasteiger partial charge in [-0.05, 0) is 24.3 Å². The number of carbonyl (C=O) groups excluding carboxylic acids is 2. The van der Waals surface area contributed by atoms with E-state index < -0.39 is 18.5 Å². The van der Waals surface area contributed by atoms with Gasteiger partial charge in [0.2, 0.25) is 0 Å². The molecular weight excluding hydrogens is 300 g/mol. The van der Waals surface area contributed by atoms with Gasteiger partial charge < -0.3 is 19.5 Å². The zero-order chi connectivity index (χ0) is 16.7. The average Bonchev–Trinajstić information content (AvgIpc) is 2.60. The van der Waals surface area contributed by atoms with Gasteiger partial charge in [0.15, 0.2) is 6.61 Å². The highest BCUT2D eigenvalue weighted by atomic mass is 16.5. The van der Waals surface area contributed by atoms with Crippen molar-refractivity contribution in [1.82, 2.24) is 4.98 Å². The van der Waals surface area contributed by atoms with Crippen molar-refractivity contribution in [1.29, 1.82) is 0 Å². The van der Waals surface area contributed by atoms with E-state index in [4.69, 9.17) is 14.2 Å². The molecule has 1 aromatic heterocycles. The van der Waals surface area contributed by atoms with Gasteiger partial charge in [-0.3, -0.25) is 9.78 Å². The van der Waals surface area contributed by atoms with Gasteiger partial charge in [-0.15, -0.1) is 0 Å². The van der Waals surface area contributed by atoms with E-state index in [0.29, 0.717) is 22.7 Å². The Morgan fingerprint density at radius 2 is 1.83 bits per heavy atom. The molecule has 0 fully saturated rings. The van der Waals surface area contributed by atoms with Crippen LogP contribution in [0.3, 0.4) is 0 Å². The molecule has 120 valence electrons. The largest absolute Gasteiger partial charge is 0.497 e. The lowest BCUT2D eigenvalue weighted by Gasteiger charge is -2.12. The summed E-state index contributed by atoms with van der Waals surface area (Å²) in [7, 11) is 3.00. The average molecular weight is 316 g/mol. The van der Waals surface area contributed by atoms with Crippen LogP contribution in [0.25, 0.3) is 0 Å². The molecule has 7 nitrogen and oxygen atoms in total. The lowest BCUT2D eigenvalue weighted by molar-refractivity contribution is -0.119. The molecule has 0 bridgehead atoms. The quantitative estimate of drug-likeness (QED) is 0.819. The molecule has 0 spiro atoms. The van der Waals surface area contributed by atoms with Crippen LogP contribution in [0.15, 0.2) is 42.7 Å². The third kappa shape index (κ3) is 4.44. The van der Waals surface area contributed by atoms with Gasteiger partial charge in [0.1, 0.15) is 11.5 Å². The predicted octanol–water partition coefficient (Wildman–Crippen LogP) is 1.89. The molecule has 1 heterocycles. The molecule has 2 aromatic rings. The third-order valence-corrected chi connectivity index (χ3v) is 2.93. The predicted molar refractivity (Wildman–Crippen MR) is 82.7 cm³/mol. The van der Waals surface area contributed by atoms with Gasteiger partial charge in [0.05, 0.1) is 25.5 Å². The fourth-order valence-electron chi connectivity index (χ4n) is 1.80. The SMILES string of the molecule is COc1ccc(OC)c(NC(=O)COC(=O)c2ccncc2)c1. The molecule has 0 unspecified atom stereocenters. The van der Waals surface area contributed by atoms with Crippen molar-refractivity contribution in [3.05, 3.63) is 48.3 Å². The van der Waals surface area contributed by atoms with E-state index in [2.05, 4.69) is 10.3 Å². The fraction of sp³-hybridized carbons (Fsp3) is 0.188. The van der Waals surface area contributed by atoms with Crippen LogP contribution in [0, 0.1) is 0 Å². The van der Waals surface area contributed by atoms with Crippen LogP contribution < -0.4 is 14.8 Å². The van der Waals surface area contributed by atoms with Gasteiger partial charge in [0.25, 0.3) is 5.91 Å². The van der Waals surface area contributed by atoms with Crippen LogP contribution in [0.5, 0.6) is 11.5 Å². The number of hydrogen-bond donors (Lipinski definition) is 1. The number of pyridine rings is 1. The first-order valence-electron chi connectivity index (χ1n) is 6.73. The molecule has 0 aliphatic carbocycles. The Bertz CT molecular complexity index is 688. The molecule has 23 heavy (non-hydrogen) atoms. The minimum Gasteiger partial charge on any atom is -0.497 e. The standard InChI is InChI=1S/C16H16N2O5/c1-21-12-3-4-14(22-2)13(9-12)18-15(19)10-23-16(20)11-5-7-17-8-6-11/h3-9H,10H2,1-2H3,(H,18,19). The Balaban J connectivity index is 1.96. The maximum Gasteiger partial charge on any atom is 0.338 e.